The van der Waals surface area contributed by atoms with Gasteiger partial charge in [0.2, 0.25) is 5.91 Å². The number of amides is 2. The topological polar surface area (TPSA) is 46.2 Å². The average molecular weight is 307 g/mol. The van der Waals surface area contributed by atoms with Crippen LogP contribution in [0.4, 0.5) is 4.79 Å². The van der Waals surface area contributed by atoms with Crippen LogP contribution in [-0.2, 0) is 11.2 Å². The second kappa shape index (κ2) is 5.14. The van der Waals surface area contributed by atoms with Crippen molar-refractivity contribution in [2.24, 2.45) is 0 Å². The predicted octanol–water partition coefficient (Wildman–Crippen LogP) is 3.89. The highest BCUT2D eigenvalue weighted by molar-refractivity contribution is 8.15. The minimum atomic E-state index is -0.346. The van der Waals surface area contributed by atoms with E-state index in [9.17, 15) is 9.59 Å². The second-order valence-corrected chi connectivity index (χ2v) is 6.56. The SMILES string of the molecule is O=C1NC(=O)C(Cc2c3ccccc3cc3ccccc23)S1. The molecule has 0 aliphatic carbocycles. The fourth-order valence-corrected chi connectivity index (χ4v) is 3.87. The van der Waals surface area contributed by atoms with E-state index in [1.165, 1.54) is 0 Å². The lowest BCUT2D eigenvalue weighted by Crippen LogP contribution is -2.25. The molecule has 0 bridgehead atoms. The van der Waals surface area contributed by atoms with Gasteiger partial charge in [0.25, 0.3) is 5.24 Å². The smallest absolute Gasteiger partial charge is 0.286 e. The van der Waals surface area contributed by atoms with Crippen LogP contribution in [0, 0.1) is 0 Å². The van der Waals surface area contributed by atoms with Crippen molar-refractivity contribution in [1.29, 1.82) is 0 Å². The van der Waals surface area contributed by atoms with Crippen LogP contribution in [0.2, 0.25) is 0 Å². The summed E-state index contributed by atoms with van der Waals surface area (Å²) in [5.74, 6) is -0.188. The van der Waals surface area contributed by atoms with Gasteiger partial charge >= 0.3 is 0 Å². The first-order valence-corrected chi connectivity index (χ1v) is 8.01. The molecule has 1 aliphatic rings. The van der Waals surface area contributed by atoms with Crippen LogP contribution in [0.1, 0.15) is 5.56 Å². The lowest BCUT2D eigenvalue weighted by atomic mass is 9.94. The van der Waals surface area contributed by atoms with Crippen LogP contribution < -0.4 is 5.32 Å². The summed E-state index contributed by atoms with van der Waals surface area (Å²) in [4.78, 5) is 23.3. The molecular weight excluding hydrogens is 294 g/mol. The molecule has 4 rings (SSSR count). The van der Waals surface area contributed by atoms with Crippen LogP contribution >= 0.6 is 11.8 Å². The van der Waals surface area contributed by atoms with Crippen molar-refractivity contribution in [3.05, 3.63) is 60.2 Å². The molecule has 108 valence electrons. The minimum absolute atomic E-state index is 0.188. The van der Waals surface area contributed by atoms with Crippen LogP contribution in [0.3, 0.4) is 0 Å². The van der Waals surface area contributed by atoms with Gasteiger partial charge in [-0.3, -0.25) is 14.9 Å². The van der Waals surface area contributed by atoms with Crippen molar-refractivity contribution in [2.75, 3.05) is 0 Å². The maximum atomic E-state index is 11.9. The summed E-state index contributed by atoms with van der Waals surface area (Å²) < 4.78 is 0. The molecule has 1 fully saturated rings. The molecule has 1 heterocycles. The van der Waals surface area contributed by atoms with E-state index in [2.05, 4.69) is 35.6 Å². The van der Waals surface area contributed by atoms with E-state index in [0.29, 0.717) is 6.42 Å². The Hall–Kier alpha value is -2.33. The van der Waals surface area contributed by atoms with E-state index in [1.807, 2.05) is 24.3 Å². The molecule has 1 atom stereocenters. The summed E-state index contributed by atoms with van der Waals surface area (Å²) in [6.07, 6.45) is 0.560. The number of benzene rings is 3. The molecule has 0 spiro atoms. The molecule has 1 saturated heterocycles. The number of thioether (sulfide) groups is 1. The first-order valence-electron chi connectivity index (χ1n) is 7.13. The van der Waals surface area contributed by atoms with Crippen LogP contribution in [0.25, 0.3) is 21.5 Å². The summed E-state index contributed by atoms with van der Waals surface area (Å²) in [6.45, 7) is 0. The summed E-state index contributed by atoms with van der Waals surface area (Å²) in [7, 11) is 0. The van der Waals surface area contributed by atoms with Crippen molar-refractivity contribution >= 4 is 44.5 Å². The van der Waals surface area contributed by atoms with Gasteiger partial charge in [-0.25, -0.2) is 0 Å². The van der Waals surface area contributed by atoms with Gasteiger partial charge in [-0.1, -0.05) is 60.3 Å². The van der Waals surface area contributed by atoms with E-state index >= 15 is 0 Å². The van der Waals surface area contributed by atoms with E-state index in [-0.39, 0.29) is 16.4 Å². The molecule has 3 aromatic rings. The maximum absolute atomic E-state index is 11.9. The lowest BCUT2D eigenvalue weighted by molar-refractivity contribution is -0.118. The van der Waals surface area contributed by atoms with E-state index in [4.69, 9.17) is 0 Å². The van der Waals surface area contributed by atoms with E-state index in [0.717, 1.165) is 38.9 Å². The molecule has 2 amide bonds. The normalized spacial score (nSPS) is 18.1. The van der Waals surface area contributed by atoms with E-state index in [1.54, 1.807) is 0 Å². The third kappa shape index (κ3) is 2.16. The molecule has 0 radical (unpaired) electrons. The van der Waals surface area contributed by atoms with E-state index < -0.39 is 0 Å². The predicted molar refractivity (Wildman–Crippen MR) is 90.1 cm³/mol. The van der Waals surface area contributed by atoms with Gasteiger partial charge in [-0.15, -0.1) is 0 Å². The third-order valence-electron chi connectivity index (χ3n) is 4.04. The first kappa shape index (κ1) is 13.3. The number of imide groups is 1. The zero-order valence-electron chi connectivity index (χ0n) is 11.7. The zero-order chi connectivity index (χ0) is 15.1. The number of nitrogens with one attached hydrogen (secondary N) is 1. The Bertz CT molecular complexity index is 865. The minimum Gasteiger partial charge on any atom is -0.286 e. The number of carbonyl (C=O) groups excluding carboxylic acids is 2. The second-order valence-electron chi connectivity index (χ2n) is 5.38. The van der Waals surface area contributed by atoms with Gasteiger partial charge in [0.15, 0.2) is 0 Å². The standard InChI is InChI=1S/C18H13NO2S/c20-17-16(22-18(21)19-17)10-15-13-7-3-1-5-11(13)9-12-6-2-4-8-14(12)15/h1-9,16H,10H2,(H,19,20,21). The molecule has 1 aliphatic heterocycles. The van der Waals surface area contributed by atoms with Crippen LogP contribution in [-0.4, -0.2) is 16.4 Å². The first-order chi connectivity index (χ1) is 10.7. The summed E-state index contributed by atoms with van der Waals surface area (Å²) in [5.41, 5.74) is 1.14. The van der Waals surface area contributed by atoms with Crippen molar-refractivity contribution in [3.8, 4) is 0 Å². The summed E-state index contributed by atoms with van der Waals surface area (Å²) >= 11 is 1.09. The quantitative estimate of drug-likeness (QED) is 0.731. The highest BCUT2D eigenvalue weighted by atomic mass is 32.2. The lowest BCUT2D eigenvalue weighted by Gasteiger charge is -2.13. The number of rotatable bonds is 2. The molecular formula is C18H13NO2S. The largest absolute Gasteiger partial charge is 0.286 e. The fourth-order valence-electron chi connectivity index (χ4n) is 3.04. The Balaban J connectivity index is 1.92. The molecule has 0 saturated carbocycles. The third-order valence-corrected chi connectivity index (χ3v) is 5.02. The Morgan fingerprint density at radius 3 is 2.05 bits per heavy atom. The fraction of sp³-hybridized carbons (Fsp3) is 0.111. The van der Waals surface area contributed by atoms with Gasteiger partial charge in [0.05, 0.1) is 5.25 Å². The Morgan fingerprint density at radius 1 is 0.909 bits per heavy atom. The monoisotopic (exact) mass is 307 g/mol. The molecule has 4 heteroatoms. The molecule has 1 unspecified atom stereocenters. The molecule has 3 nitrogen and oxygen atoms in total. The van der Waals surface area contributed by atoms with Crippen molar-refractivity contribution in [3.63, 3.8) is 0 Å². The summed E-state index contributed by atoms with van der Waals surface area (Å²) in [6, 6.07) is 18.5. The number of hydrogen-bond acceptors (Lipinski definition) is 3. The maximum Gasteiger partial charge on any atom is 0.286 e. The van der Waals surface area contributed by atoms with Gasteiger partial charge in [0, 0.05) is 0 Å². The summed E-state index contributed by atoms with van der Waals surface area (Å²) in [5, 5.41) is 6.38. The number of fused-ring (bicyclic) bond motifs is 2. The number of carbonyl (C=O) groups is 2. The van der Waals surface area contributed by atoms with Gasteiger partial charge in [-0.2, -0.15) is 0 Å². The Morgan fingerprint density at radius 2 is 1.50 bits per heavy atom. The molecule has 3 aromatic carbocycles. The van der Waals surface area contributed by atoms with Crippen molar-refractivity contribution in [1.82, 2.24) is 5.32 Å². The van der Waals surface area contributed by atoms with Gasteiger partial charge in [-0.05, 0) is 39.6 Å². The molecule has 1 N–H and O–H groups in total. The number of hydrogen-bond donors (Lipinski definition) is 1. The average Bonchev–Trinajstić information content (AvgIpc) is 2.84. The van der Waals surface area contributed by atoms with Crippen LogP contribution in [0.15, 0.2) is 54.6 Å². The van der Waals surface area contributed by atoms with Gasteiger partial charge < -0.3 is 0 Å². The molecule has 0 aromatic heterocycles. The Labute approximate surface area is 131 Å². The highest BCUT2D eigenvalue weighted by Gasteiger charge is 2.32. The highest BCUT2D eigenvalue weighted by Crippen LogP contribution is 2.32. The van der Waals surface area contributed by atoms with Crippen molar-refractivity contribution < 1.29 is 9.59 Å². The zero-order valence-corrected chi connectivity index (χ0v) is 12.5. The molecule has 22 heavy (non-hydrogen) atoms. The van der Waals surface area contributed by atoms with Crippen molar-refractivity contribution in [2.45, 2.75) is 11.7 Å². The Kier molecular flexibility index (Phi) is 3.12. The van der Waals surface area contributed by atoms with Gasteiger partial charge in [0.1, 0.15) is 0 Å². The van der Waals surface area contributed by atoms with Crippen LogP contribution in [0.5, 0.6) is 0 Å².